The molecule has 6 heteroatoms. The number of halogens is 3. The Bertz CT molecular complexity index is 484. The van der Waals surface area contributed by atoms with Crippen molar-refractivity contribution >= 4 is 23.2 Å². The maximum atomic E-state index is 13.2. The van der Waals surface area contributed by atoms with Crippen molar-refractivity contribution in [3.63, 3.8) is 0 Å². The molecule has 0 atom stereocenters. The van der Waals surface area contributed by atoms with E-state index in [4.69, 9.17) is 23.2 Å². The van der Waals surface area contributed by atoms with Crippen LogP contribution in [0.15, 0.2) is 24.4 Å². The summed E-state index contributed by atoms with van der Waals surface area (Å²) >= 11 is 11.2. The molecule has 0 aliphatic carbocycles. The van der Waals surface area contributed by atoms with Gasteiger partial charge in [0.05, 0.1) is 28.5 Å². The molecule has 2 aromatic rings. The molecular weight excluding hydrogens is 240 g/mol. The summed E-state index contributed by atoms with van der Waals surface area (Å²) in [6.07, 6.45) is 1.53. The van der Waals surface area contributed by atoms with Gasteiger partial charge in [0.15, 0.2) is 0 Å². The fourth-order valence-electron chi connectivity index (χ4n) is 1.18. The summed E-state index contributed by atoms with van der Waals surface area (Å²) in [5.74, 6) is -0.234. The molecule has 0 saturated carbocycles. The van der Waals surface area contributed by atoms with E-state index in [2.05, 4.69) is 10.3 Å². The lowest BCUT2D eigenvalue weighted by Crippen LogP contribution is -2.01. The van der Waals surface area contributed by atoms with E-state index in [0.717, 1.165) is 0 Å². The van der Waals surface area contributed by atoms with Crippen LogP contribution >= 0.6 is 23.2 Å². The molecule has 0 saturated heterocycles. The molecule has 2 rings (SSSR count). The lowest BCUT2D eigenvalue weighted by Gasteiger charge is -2.04. The van der Waals surface area contributed by atoms with Crippen LogP contribution in [0.5, 0.6) is 0 Å². The van der Waals surface area contributed by atoms with E-state index in [0.29, 0.717) is 11.4 Å². The first kappa shape index (κ1) is 10.4. The number of benzene rings is 1. The predicted octanol–water partition coefficient (Wildman–Crippen LogP) is 2.80. The van der Waals surface area contributed by atoms with Gasteiger partial charge in [-0.3, -0.25) is 0 Å². The molecule has 0 fully saturated rings. The van der Waals surface area contributed by atoms with Crippen LogP contribution < -0.4 is 0 Å². The van der Waals surface area contributed by atoms with Gasteiger partial charge >= 0.3 is 0 Å². The van der Waals surface area contributed by atoms with Crippen molar-refractivity contribution in [3.8, 4) is 5.69 Å². The predicted molar refractivity (Wildman–Crippen MR) is 55.9 cm³/mol. The van der Waals surface area contributed by atoms with Gasteiger partial charge in [-0.1, -0.05) is 16.8 Å². The van der Waals surface area contributed by atoms with Gasteiger partial charge in [0.1, 0.15) is 5.82 Å². The molecule has 1 aromatic carbocycles. The van der Waals surface area contributed by atoms with Crippen LogP contribution in [0, 0.1) is 5.82 Å². The summed E-state index contributed by atoms with van der Waals surface area (Å²) in [5, 5.41) is 7.57. The van der Waals surface area contributed by atoms with Crippen molar-refractivity contribution in [1.29, 1.82) is 0 Å². The first-order valence-corrected chi connectivity index (χ1v) is 5.04. The molecule has 0 N–H and O–H groups in total. The third-order valence-electron chi connectivity index (χ3n) is 1.90. The van der Waals surface area contributed by atoms with Crippen LogP contribution in [0.4, 0.5) is 4.39 Å². The summed E-state index contributed by atoms with van der Waals surface area (Å²) in [5.41, 5.74) is 1.24. The highest BCUT2D eigenvalue weighted by Crippen LogP contribution is 2.18. The minimum Gasteiger partial charge on any atom is -0.216 e. The van der Waals surface area contributed by atoms with Crippen molar-refractivity contribution < 1.29 is 4.39 Å². The summed E-state index contributed by atoms with van der Waals surface area (Å²) in [7, 11) is 0. The van der Waals surface area contributed by atoms with Crippen LogP contribution in [-0.2, 0) is 5.88 Å². The molecule has 3 nitrogen and oxygen atoms in total. The molecule has 0 radical (unpaired) electrons. The zero-order valence-corrected chi connectivity index (χ0v) is 9.00. The van der Waals surface area contributed by atoms with Gasteiger partial charge in [0.2, 0.25) is 0 Å². The molecule has 78 valence electrons. The summed E-state index contributed by atoms with van der Waals surface area (Å²) in [4.78, 5) is 0. The summed E-state index contributed by atoms with van der Waals surface area (Å²) in [6, 6.07) is 4.40. The molecule has 0 aliphatic heterocycles. The van der Waals surface area contributed by atoms with Gasteiger partial charge in [0.25, 0.3) is 0 Å². The lowest BCUT2D eigenvalue weighted by atomic mass is 10.3. The number of hydrogen-bond donors (Lipinski definition) is 0. The molecule has 0 amide bonds. The van der Waals surface area contributed by atoms with Gasteiger partial charge in [-0.2, -0.15) is 0 Å². The van der Waals surface area contributed by atoms with E-state index >= 15 is 0 Å². The van der Waals surface area contributed by atoms with E-state index in [-0.39, 0.29) is 10.9 Å². The number of aromatic nitrogens is 3. The maximum absolute atomic E-state index is 13.2. The Morgan fingerprint density at radius 3 is 2.87 bits per heavy atom. The Labute approximate surface area is 95.4 Å². The number of rotatable bonds is 2. The average molecular weight is 246 g/mol. The summed E-state index contributed by atoms with van der Waals surface area (Å²) < 4.78 is 14.6. The Morgan fingerprint density at radius 2 is 2.20 bits per heavy atom. The number of nitrogens with zero attached hydrogens (tertiary/aromatic N) is 3. The second-order valence-electron chi connectivity index (χ2n) is 2.87. The fraction of sp³-hybridized carbons (Fsp3) is 0.111. The Balaban J connectivity index is 2.50. The number of alkyl halides is 1. The molecule has 0 spiro atoms. The van der Waals surface area contributed by atoms with Gasteiger partial charge in [-0.05, 0) is 12.1 Å². The standard InChI is InChI=1S/C9H6Cl2FN3/c10-4-7-5-13-14-15(7)6-1-2-8(11)9(12)3-6/h1-3,5H,4H2. The first-order valence-electron chi connectivity index (χ1n) is 4.13. The van der Waals surface area contributed by atoms with Crippen molar-refractivity contribution in [2.24, 2.45) is 0 Å². The van der Waals surface area contributed by atoms with E-state index in [1.165, 1.54) is 23.0 Å². The van der Waals surface area contributed by atoms with E-state index in [1.807, 2.05) is 0 Å². The second-order valence-corrected chi connectivity index (χ2v) is 3.54. The zero-order valence-electron chi connectivity index (χ0n) is 7.49. The Kier molecular flexibility index (Phi) is 2.88. The maximum Gasteiger partial charge on any atom is 0.143 e. The third-order valence-corrected chi connectivity index (χ3v) is 2.48. The molecule has 1 heterocycles. The van der Waals surface area contributed by atoms with Crippen molar-refractivity contribution in [2.45, 2.75) is 5.88 Å². The Hall–Kier alpha value is -1.13. The van der Waals surface area contributed by atoms with Gasteiger partial charge in [-0.15, -0.1) is 16.7 Å². The Morgan fingerprint density at radius 1 is 1.40 bits per heavy atom. The fourth-order valence-corrected chi connectivity index (χ4v) is 1.48. The van der Waals surface area contributed by atoms with Crippen LogP contribution in [0.3, 0.4) is 0 Å². The molecule has 1 aromatic heterocycles. The largest absolute Gasteiger partial charge is 0.216 e. The van der Waals surface area contributed by atoms with Crippen LogP contribution in [-0.4, -0.2) is 15.0 Å². The van der Waals surface area contributed by atoms with Crippen LogP contribution in [0.1, 0.15) is 5.69 Å². The third kappa shape index (κ3) is 1.96. The van der Waals surface area contributed by atoms with Crippen LogP contribution in [0.2, 0.25) is 5.02 Å². The SMILES string of the molecule is Fc1cc(-n2nncc2CCl)ccc1Cl. The van der Waals surface area contributed by atoms with Gasteiger partial charge in [-0.25, -0.2) is 9.07 Å². The highest BCUT2D eigenvalue weighted by Gasteiger charge is 2.07. The second kappa shape index (κ2) is 4.16. The molecule has 0 unspecified atom stereocenters. The normalized spacial score (nSPS) is 10.6. The molecule has 15 heavy (non-hydrogen) atoms. The van der Waals surface area contributed by atoms with E-state index in [1.54, 1.807) is 6.07 Å². The average Bonchev–Trinajstić information content (AvgIpc) is 2.70. The van der Waals surface area contributed by atoms with Crippen molar-refractivity contribution in [3.05, 3.63) is 40.9 Å². The van der Waals surface area contributed by atoms with Crippen molar-refractivity contribution in [2.75, 3.05) is 0 Å². The highest BCUT2D eigenvalue weighted by atomic mass is 35.5. The summed E-state index contributed by atoms with van der Waals surface area (Å²) in [6.45, 7) is 0. The van der Waals surface area contributed by atoms with Gasteiger partial charge in [0, 0.05) is 6.07 Å². The van der Waals surface area contributed by atoms with E-state index < -0.39 is 5.82 Å². The van der Waals surface area contributed by atoms with Crippen molar-refractivity contribution in [1.82, 2.24) is 15.0 Å². The van der Waals surface area contributed by atoms with E-state index in [9.17, 15) is 4.39 Å². The minimum atomic E-state index is -0.495. The zero-order chi connectivity index (χ0) is 10.8. The quantitative estimate of drug-likeness (QED) is 0.763. The minimum absolute atomic E-state index is 0.0753. The van der Waals surface area contributed by atoms with Crippen LogP contribution in [0.25, 0.3) is 5.69 Å². The lowest BCUT2D eigenvalue weighted by molar-refractivity contribution is 0.624. The molecular formula is C9H6Cl2FN3. The topological polar surface area (TPSA) is 30.7 Å². The number of hydrogen-bond acceptors (Lipinski definition) is 2. The molecule has 0 bridgehead atoms. The monoisotopic (exact) mass is 245 g/mol. The highest BCUT2D eigenvalue weighted by molar-refractivity contribution is 6.30. The van der Waals surface area contributed by atoms with Gasteiger partial charge < -0.3 is 0 Å². The molecule has 0 aliphatic rings. The first-order chi connectivity index (χ1) is 7.22. The smallest absolute Gasteiger partial charge is 0.143 e.